The van der Waals surface area contributed by atoms with Crippen molar-refractivity contribution >= 4 is 0 Å². The summed E-state index contributed by atoms with van der Waals surface area (Å²) in [4.78, 5) is 0. The van der Waals surface area contributed by atoms with Gasteiger partial charge in [0, 0.05) is 16.7 Å². The maximum Gasteiger partial charge on any atom is 0.132 e. The third-order valence-electron chi connectivity index (χ3n) is 7.64. The van der Waals surface area contributed by atoms with Crippen molar-refractivity contribution in [2.45, 2.75) is 18.3 Å². The van der Waals surface area contributed by atoms with Crippen LogP contribution in [0.3, 0.4) is 0 Å². The van der Waals surface area contributed by atoms with E-state index in [1.807, 2.05) is 24.3 Å². The Bertz CT molecular complexity index is 1670. The van der Waals surface area contributed by atoms with Gasteiger partial charge in [0.25, 0.3) is 0 Å². The van der Waals surface area contributed by atoms with Crippen molar-refractivity contribution in [1.29, 1.82) is 0 Å². The van der Waals surface area contributed by atoms with E-state index in [2.05, 4.69) is 114 Å². The van der Waals surface area contributed by atoms with E-state index >= 15 is 0 Å². The van der Waals surface area contributed by atoms with Crippen LogP contribution in [0.5, 0.6) is 5.75 Å². The second kappa shape index (κ2) is 9.28. The van der Waals surface area contributed by atoms with Gasteiger partial charge in [0.15, 0.2) is 0 Å². The van der Waals surface area contributed by atoms with Gasteiger partial charge in [-0.05, 0) is 53.8 Å². The Morgan fingerprint density at radius 3 is 2.05 bits per heavy atom. The summed E-state index contributed by atoms with van der Waals surface area (Å²) in [7, 11) is 0. The highest BCUT2D eigenvalue weighted by Gasteiger charge is 2.47. The molecule has 0 bridgehead atoms. The van der Waals surface area contributed by atoms with Crippen molar-refractivity contribution < 1.29 is 4.74 Å². The SMILES string of the molecule is C1=CC2=C(CC1)C(c1ccccc1)(c1ccccc1-c1ccc(-c3ccccc3)nn1)c1ccccc1O2. The van der Waals surface area contributed by atoms with Crippen LogP contribution < -0.4 is 4.74 Å². The topological polar surface area (TPSA) is 35.0 Å². The largest absolute Gasteiger partial charge is 0.457 e. The molecule has 0 saturated carbocycles. The Kier molecular flexibility index (Phi) is 5.48. The van der Waals surface area contributed by atoms with Gasteiger partial charge in [-0.2, -0.15) is 0 Å². The third kappa shape index (κ3) is 3.51. The number of nitrogens with zero attached hydrogens (tertiary/aromatic N) is 2. The summed E-state index contributed by atoms with van der Waals surface area (Å²) in [5.74, 6) is 1.83. The maximum atomic E-state index is 6.51. The number of rotatable bonds is 4. The first-order chi connectivity index (χ1) is 18.9. The summed E-state index contributed by atoms with van der Waals surface area (Å²) in [6, 6.07) is 42.3. The Labute approximate surface area is 222 Å². The fraction of sp³-hybridized carbons (Fsp3) is 0.0857. The first-order valence-corrected chi connectivity index (χ1v) is 13.1. The number of aromatic nitrogens is 2. The zero-order chi connectivity index (χ0) is 25.4. The molecule has 182 valence electrons. The minimum Gasteiger partial charge on any atom is -0.457 e. The smallest absolute Gasteiger partial charge is 0.132 e. The summed E-state index contributed by atoms with van der Waals surface area (Å²) in [5, 5.41) is 9.39. The molecule has 5 aromatic rings. The van der Waals surface area contributed by atoms with Gasteiger partial charge in [-0.25, -0.2) is 0 Å². The predicted octanol–water partition coefficient (Wildman–Crippen LogP) is 8.14. The molecule has 1 aromatic heterocycles. The number of allylic oxidation sites excluding steroid dienone is 3. The van der Waals surface area contributed by atoms with Crippen molar-refractivity contribution in [2.24, 2.45) is 0 Å². The minimum absolute atomic E-state index is 0.521. The number of hydrogen-bond acceptors (Lipinski definition) is 3. The molecule has 1 aliphatic carbocycles. The molecule has 2 heterocycles. The fourth-order valence-electron chi connectivity index (χ4n) is 6.01. The van der Waals surface area contributed by atoms with Crippen LogP contribution in [0.2, 0.25) is 0 Å². The molecule has 0 radical (unpaired) electrons. The van der Waals surface area contributed by atoms with Crippen LogP contribution in [0.15, 0.2) is 145 Å². The Morgan fingerprint density at radius 2 is 1.26 bits per heavy atom. The lowest BCUT2D eigenvalue weighted by Crippen LogP contribution is -2.37. The molecular formula is C35H26N2O. The standard InChI is InChI=1S/C35H26N2O/c1-3-13-25(14-4-1)31-23-24-32(37-36-31)27-17-7-8-18-28(27)35(26-15-5-2-6-16-26)29-19-9-11-21-33(29)38-34-22-12-10-20-30(34)35/h1-9,11-19,21-24H,10,20H2. The van der Waals surface area contributed by atoms with Gasteiger partial charge < -0.3 is 4.74 Å². The summed E-state index contributed by atoms with van der Waals surface area (Å²) >= 11 is 0. The van der Waals surface area contributed by atoms with Crippen LogP contribution in [-0.4, -0.2) is 10.2 Å². The number of hydrogen-bond donors (Lipinski definition) is 0. The van der Waals surface area contributed by atoms with Crippen molar-refractivity contribution in [3.8, 4) is 28.3 Å². The van der Waals surface area contributed by atoms with E-state index in [4.69, 9.17) is 9.84 Å². The van der Waals surface area contributed by atoms with E-state index in [0.29, 0.717) is 0 Å². The second-order valence-electron chi connectivity index (χ2n) is 9.71. The van der Waals surface area contributed by atoms with Gasteiger partial charge >= 0.3 is 0 Å². The molecule has 3 nitrogen and oxygen atoms in total. The van der Waals surface area contributed by atoms with Crippen LogP contribution in [0, 0.1) is 0 Å². The summed E-state index contributed by atoms with van der Waals surface area (Å²) in [5.41, 5.74) is 8.17. The van der Waals surface area contributed by atoms with Gasteiger partial charge in [0.2, 0.25) is 0 Å². The average Bonchev–Trinajstić information content (AvgIpc) is 3.01. The number of fused-ring (bicyclic) bond motifs is 1. The Hall–Kier alpha value is -4.76. The molecule has 0 spiro atoms. The molecule has 0 amide bonds. The lowest BCUT2D eigenvalue weighted by atomic mass is 9.60. The molecule has 1 atom stereocenters. The molecule has 1 unspecified atom stereocenters. The van der Waals surface area contributed by atoms with E-state index in [1.165, 1.54) is 16.7 Å². The molecule has 2 aliphatic rings. The molecule has 3 heteroatoms. The van der Waals surface area contributed by atoms with Crippen LogP contribution in [0.1, 0.15) is 29.5 Å². The van der Waals surface area contributed by atoms with Gasteiger partial charge in [-0.3, -0.25) is 0 Å². The first-order valence-electron chi connectivity index (χ1n) is 13.1. The zero-order valence-corrected chi connectivity index (χ0v) is 20.9. The molecular weight excluding hydrogens is 464 g/mol. The van der Waals surface area contributed by atoms with Crippen molar-refractivity contribution in [3.05, 3.63) is 162 Å². The molecule has 0 N–H and O–H groups in total. The molecule has 4 aromatic carbocycles. The Morgan fingerprint density at radius 1 is 0.605 bits per heavy atom. The molecule has 7 rings (SSSR count). The van der Waals surface area contributed by atoms with Crippen LogP contribution in [-0.2, 0) is 5.41 Å². The average molecular weight is 491 g/mol. The highest BCUT2D eigenvalue weighted by atomic mass is 16.5. The van der Waals surface area contributed by atoms with Gasteiger partial charge in [0.05, 0.1) is 16.8 Å². The molecule has 38 heavy (non-hydrogen) atoms. The van der Waals surface area contributed by atoms with Crippen molar-refractivity contribution in [3.63, 3.8) is 0 Å². The number of para-hydroxylation sites is 1. The summed E-state index contributed by atoms with van der Waals surface area (Å²) in [6.07, 6.45) is 6.25. The van der Waals surface area contributed by atoms with Crippen LogP contribution in [0.4, 0.5) is 0 Å². The van der Waals surface area contributed by atoms with Crippen LogP contribution in [0.25, 0.3) is 22.5 Å². The van der Waals surface area contributed by atoms with Crippen molar-refractivity contribution in [1.82, 2.24) is 10.2 Å². The van der Waals surface area contributed by atoms with Crippen LogP contribution >= 0.6 is 0 Å². The quantitative estimate of drug-likeness (QED) is 0.255. The summed E-state index contributed by atoms with van der Waals surface area (Å²) < 4.78 is 6.51. The summed E-state index contributed by atoms with van der Waals surface area (Å²) in [6.45, 7) is 0. The lowest BCUT2D eigenvalue weighted by Gasteiger charge is -2.44. The fourth-order valence-corrected chi connectivity index (χ4v) is 6.01. The highest BCUT2D eigenvalue weighted by Crippen LogP contribution is 2.56. The van der Waals surface area contributed by atoms with E-state index in [1.54, 1.807) is 0 Å². The third-order valence-corrected chi connectivity index (χ3v) is 7.64. The number of benzene rings is 4. The van der Waals surface area contributed by atoms with Gasteiger partial charge in [-0.1, -0.05) is 109 Å². The van der Waals surface area contributed by atoms with E-state index in [9.17, 15) is 0 Å². The monoisotopic (exact) mass is 490 g/mol. The Balaban J connectivity index is 1.51. The van der Waals surface area contributed by atoms with E-state index < -0.39 is 5.41 Å². The van der Waals surface area contributed by atoms with Crippen molar-refractivity contribution in [2.75, 3.05) is 0 Å². The normalized spacial score (nSPS) is 17.9. The maximum absolute atomic E-state index is 6.51. The molecule has 0 fully saturated rings. The minimum atomic E-state index is -0.521. The predicted molar refractivity (Wildman–Crippen MR) is 152 cm³/mol. The highest BCUT2D eigenvalue weighted by molar-refractivity contribution is 5.76. The first kappa shape index (κ1) is 22.4. The van der Waals surface area contributed by atoms with Gasteiger partial charge in [-0.15, -0.1) is 10.2 Å². The second-order valence-corrected chi connectivity index (χ2v) is 9.71. The van der Waals surface area contributed by atoms with E-state index in [0.717, 1.165) is 52.4 Å². The van der Waals surface area contributed by atoms with Gasteiger partial charge in [0.1, 0.15) is 11.5 Å². The lowest BCUT2D eigenvalue weighted by molar-refractivity contribution is 0.387. The van der Waals surface area contributed by atoms with E-state index in [-0.39, 0.29) is 0 Å². The molecule has 0 saturated heterocycles. The number of ether oxygens (including phenoxy) is 1. The molecule has 1 aliphatic heterocycles. The zero-order valence-electron chi connectivity index (χ0n) is 20.9.